The van der Waals surface area contributed by atoms with E-state index in [1.54, 1.807) is 12.1 Å². The lowest BCUT2D eigenvalue weighted by atomic mass is 10.2. The first kappa shape index (κ1) is 25.1. The van der Waals surface area contributed by atoms with Crippen molar-refractivity contribution in [3.8, 4) is 0 Å². The van der Waals surface area contributed by atoms with Gasteiger partial charge in [0.05, 0.1) is 28.0 Å². The lowest BCUT2D eigenvalue weighted by molar-refractivity contribution is -0.116. The number of halogens is 2. The van der Waals surface area contributed by atoms with Crippen LogP contribution in [0, 0.1) is 0 Å². The Hall–Kier alpha value is -2.13. The smallest absolute Gasteiger partial charge is 0.254 e. The van der Waals surface area contributed by atoms with Crippen LogP contribution in [0.3, 0.4) is 0 Å². The Kier molecular flexibility index (Phi) is 9.31. The molecule has 2 amide bonds. The van der Waals surface area contributed by atoms with Crippen molar-refractivity contribution in [3.63, 3.8) is 0 Å². The third-order valence-corrected chi connectivity index (χ3v) is 6.58. The van der Waals surface area contributed by atoms with E-state index >= 15 is 0 Å². The minimum absolute atomic E-state index is 0.0834. The largest absolute Gasteiger partial charge is 0.384 e. The predicted octanol–water partition coefficient (Wildman–Crippen LogP) is 3.90. The summed E-state index contributed by atoms with van der Waals surface area (Å²) in [4.78, 5) is 26.9. The van der Waals surface area contributed by atoms with Crippen molar-refractivity contribution in [2.45, 2.75) is 18.2 Å². The molecule has 0 radical (unpaired) electrons. The summed E-state index contributed by atoms with van der Waals surface area (Å²) >= 11 is 11.9. The Balaban J connectivity index is 2.11. The van der Waals surface area contributed by atoms with Crippen molar-refractivity contribution >= 4 is 50.5 Å². The monoisotopic (exact) mass is 486 g/mol. The molecule has 0 fully saturated rings. The van der Waals surface area contributed by atoms with Gasteiger partial charge in [0.2, 0.25) is 5.91 Å². The first-order chi connectivity index (χ1) is 14.7. The predicted molar refractivity (Wildman–Crippen MR) is 122 cm³/mol. The highest BCUT2D eigenvalue weighted by Gasteiger charge is 2.20. The minimum Gasteiger partial charge on any atom is -0.384 e. The maximum Gasteiger partial charge on any atom is 0.254 e. The highest BCUT2D eigenvalue weighted by atomic mass is 35.5. The fourth-order valence-electron chi connectivity index (χ4n) is 2.77. The highest BCUT2D eigenvalue weighted by Crippen LogP contribution is 2.25. The van der Waals surface area contributed by atoms with Gasteiger partial charge < -0.3 is 15.0 Å². The van der Waals surface area contributed by atoms with Crippen LogP contribution in [0.4, 0.5) is 5.69 Å². The molecule has 0 spiro atoms. The molecule has 1 N–H and O–H groups in total. The average molecular weight is 487 g/mol. The molecule has 10 heteroatoms. The SMILES string of the molecule is CCCN(CC(=O)Nc1ccc(Cl)cc1Cl)C(=O)c1ccc(S(=O)(=O)CCOC)cc1. The molecule has 0 unspecified atom stereocenters. The number of anilines is 1. The molecule has 7 nitrogen and oxygen atoms in total. The molecule has 2 aromatic rings. The Bertz CT molecular complexity index is 1030. The summed E-state index contributed by atoms with van der Waals surface area (Å²) in [6, 6.07) is 10.3. The van der Waals surface area contributed by atoms with E-state index in [9.17, 15) is 18.0 Å². The van der Waals surface area contributed by atoms with Crippen LogP contribution in [-0.2, 0) is 19.4 Å². The van der Waals surface area contributed by atoms with Crippen LogP contribution in [0.15, 0.2) is 47.4 Å². The maximum absolute atomic E-state index is 12.9. The van der Waals surface area contributed by atoms with Crippen molar-refractivity contribution < 1.29 is 22.7 Å². The number of ether oxygens (including phenoxy) is 1. The number of carbonyl (C=O) groups is 2. The number of benzene rings is 2. The van der Waals surface area contributed by atoms with Gasteiger partial charge in [-0.05, 0) is 48.9 Å². The molecule has 2 rings (SSSR count). The average Bonchev–Trinajstić information content (AvgIpc) is 2.73. The summed E-state index contributed by atoms with van der Waals surface area (Å²) in [7, 11) is -2.06. The second kappa shape index (κ2) is 11.5. The van der Waals surface area contributed by atoms with E-state index in [1.807, 2.05) is 6.92 Å². The van der Waals surface area contributed by atoms with E-state index in [0.29, 0.717) is 28.7 Å². The van der Waals surface area contributed by atoms with E-state index in [0.717, 1.165) is 0 Å². The zero-order valence-electron chi connectivity index (χ0n) is 17.2. The molecule has 168 valence electrons. The fraction of sp³-hybridized carbons (Fsp3) is 0.333. The maximum atomic E-state index is 12.9. The molecule has 0 saturated heterocycles. The fourth-order valence-corrected chi connectivity index (χ4v) is 4.40. The van der Waals surface area contributed by atoms with Crippen LogP contribution in [0.1, 0.15) is 23.7 Å². The molecule has 0 aliphatic heterocycles. The summed E-state index contributed by atoms with van der Waals surface area (Å²) in [5, 5.41) is 3.40. The van der Waals surface area contributed by atoms with Gasteiger partial charge in [0, 0.05) is 24.2 Å². The second-order valence-electron chi connectivity index (χ2n) is 6.74. The summed E-state index contributed by atoms with van der Waals surface area (Å²) < 4.78 is 29.3. The number of carbonyl (C=O) groups excluding carboxylic acids is 2. The number of hydrogen-bond acceptors (Lipinski definition) is 5. The van der Waals surface area contributed by atoms with Crippen LogP contribution in [0.25, 0.3) is 0 Å². The zero-order chi connectivity index (χ0) is 23.0. The topological polar surface area (TPSA) is 92.8 Å². The standard InChI is InChI=1S/C21H24Cl2N2O5S/c1-3-10-25(14-20(26)24-19-9-6-16(22)13-18(19)23)21(27)15-4-7-17(8-5-15)31(28,29)12-11-30-2/h4-9,13H,3,10-12,14H2,1-2H3,(H,24,26). The molecular weight excluding hydrogens is 463 g/mol. The number of rotatable bonds is 10. The number of sulfone groups is 1. The van der Waals surface area contributed by atoms with Crippen molar-refractivity contribution in [1.29, 1.82) is 0 Å². The van der Waals surface area contributed by atoms with E-state index < -0.39 is 15.7 Å². The van der Waals surface area contributed by atoms with Crippen molar-refractivity contribution in [1.82, 2.24) is 4.90 Å². The number of methoxy groups -OCH3 is 1. The Morgan fingerprint density at radius 2 is 1.77 bits per heavy atom. The molecule has 0 heterocycles. The van der Waals surface area contributed by atoms with Gasteiger partial charge in [-0.3, -0.25) is 9.59 Å². The molecule has 0 bridgehead atoms. The van der Waals surface area contributed by atoms with Crippen LogP contribution in [-0.4, -0.2) is 57.7 Å². The van der Waals surface area contributed by atoms with Crippen molar-refractivity contribution in [3.05, 3.63) is 58.1 Å². The summed E-state index contributed by atoms with van der Waals surface area (Å²) in [6.07, 6.45) is 0.643. The lowest BCUT2D eigenvalue weighted by Gasteiger charge is -2.22. The number of hydrogen-bond donors (Lipinski definition) is 1. The number of amides is 2. The zero-order valence-corrected chi connectivity index (χ0v) is 19.6. The highest BCUT2D eigenvalue weighted by molar-refractivity contribution is 7.91. The van der Waals surface area contributed by atoms with Crippen LogP contribution < -0.4 is 5.32 Å². The molecule has 0 aromatic heterocycles. The number of nitrogens with zero attached hydrogens (tertiary/aromatic N) is 1. The van der Waals surface area contributed by atoms with Crippen molar-refractivity contribution in [2.75, 3.05) is 37.9 Å². The lowest BCUT2D eigenvalue weighted by Crippen LogP contribution is -2.38. The molecule has 0 atom stereocenters. The van der Waals surface area contributed by atoms with E-state index in [1.165, 1.54) is 42.3 Å². The Morgan fingerprint density at radius 3 is 2.35 bits per heavy atom. The van der Waals surface area contributed by atoms with Gasteiger partial charge in [-0.25, -0.2) is 8.42 Å². The van der Waals surface area contributed by atoms with Crippen LogP contribution >= 0.6 is 23.2 Å². The molecular formula is C21H24Cl2N2O5S. The van der Waals surface area contributed by atoms with Gasteiger partial charge in [-0.1, -0.05) is 30.1 Å². The van der Waals surface area contributed by atoms with Crippen LogP contribution in [0.2, 0.25) is 10.0 Å². The van der Waals surface area contributed by atoms with Gasteiger partial charge in [-0.15, -0.1) is 0 Å². The summed E-state index contributed by atoms with van der Waals surface area (Å²) in [5.74, 6) is -0.934. The summed E-state index contributed by atoms with van der Waals surface area (Å²) in [6.45, 7) is 2.15. The van der Waals surface area contributed by atoms with E-state index in [2.05, 4.69) is 5.32 Å². The molecule has 31 heavy (non-hydrogen) atoms. The minimum atomic E-state index is -3.49. The first-order valence-electron chi connectivity index (χ1n) is 9.54. The molecule has 0 aliphatic carbocycles. The third-order valence-electron chi connectivity index (χ3n) is 4.34. The third kappa shape index (κ3) is 7.21. The molecule has 0 saturated carbocycles. The van der Waals surface area contributed by atoms with Crippen LogP contribution in [0.5, 0.6) is 0 Å². The first-order valence-corrected chi connectivity index (χ1v) is 11.9. The molecule has 0 aliphatic rings. The van der Waals surface area contributed by atoms with Gasteiger partial charge in [0.25, 0.3) is 5.91 Å². The number of nitrogens with one attached hydrogen (secondary N) is 1. The van der Waals surface area contributed by atoms with Crippen molar-refractivity contribution in [2.24, 2.45) is 0 Å². The quantitative estimate of drug-likeness (QED) is 0.549. The normalized spacial score (nSPS) is 11.2. The Labute approximate surface area is 192 Å². The van der Waals surface area contributed by atoms with Gasteiger partial charge >= 0.3 is 0 Å². The van der Waals surface area contributed by atoms with E-state index in [4.69, 9.17) is 27.9 Å². The van der Waals surface area contributed by atoms with Gasteiger partial charge in [0.1, 0.15) is 6.54 Å². The second-order valence-corrected chi connectivity index (χ2v) is 9.69. The Morgan fingerprint density at radius 1 is 1.10 bits per heavy atom. The summed E-state index contributed by atoms with van der Waals surface area (Å²) in [5.41, 5.74) is 0.682. The molecule has 2 aromatic carbocycles. The van der Waals surface area contributed by atoms with E-state index in [-0.39, 0.29) is 35.3 Å². The van der Waals surface area contributed by atoms with Gasteiger partial charge in [-0.2, -0.15) is 0 Å². The van der Waals surface area contributed by atoms with Gasteiger partial charge in [0.15, 0.2) is 9.84 Å².